The maximum Gasteiger partial charge on any atom is 0.338 e. The Labute approximate surface area is 157 Å². The number of carbonyl (C=O) groups excluding carboxylic acids is 2. The number of rotatable bonds is 14. The predicted octanol–water partition coefficient (Wildman–Crippen LogP) is 4.93. The van der Waals surface area contributed by atoms with Crippen molar-refractivity contribution < 1.29 is 23.8 Å². The smallest absolute Gasteiger partial charge is 0.338 e. The van der Waals surface area contributed by atoms with Crippen LogP contribution < -0.4 is 4.74 Å². The fourth-order valence-electron chi connectivity index (χ4n) is 2.43. The van der Waals surface area contributed by atoms with Crippen molar-refractivity contribution >= 4 is 11.9 Å². The van der Waals surface area contributed by atoms with E-state index >= 15 is 0 Å². The molecule has 0 unspecified atom stereocenters. The molecular formula is C21H32O5. The first-order chi connectivity index (χ1) is 12.6. The highest BCUT2D eigenvalue weighted by Gasteiger charge is 2.07. The lowest BCUT2D eigenvalue weighted by atomic mass is 10.2. The summed E-state index contributed by atoms with van der Waals surface area (Å²) in [6, 6.07) is 7.08. The average molecular weight is 364 g/mol. The molecule has 146 valence electrons. The third-order valence-electron chi connectivity index (χ3n) is 3.93. The van der Waals surface area contributed by atoms with Gasteiger partial charge in [0.05, 0.1) is 25.4 Å². The molecule has 0 amide bonds. The minimum atomic E-state index is -0.323. The van der Waals surface area contributed by atoms with E-state index in [0.29, 0.717) is 25.4 Å². The molecule has 1 aromatic rings. The molecule has 0 heterocycles. The average Bonchev–Trinajstić information content (AvgIpc) is 2.64. The minimum absolute atomic E-state index is 0.264. The number of hydrogen-bond acceptors (Lipinski definition) is 5. The minimum Gasteiger partial charge on any atom is -0.494 e. The number of benzene rings is 1. The van der Waals surface area contributed by atoms with Gasteiger partial charge in [-0.2, -0.15) is 0 Å². The van der Waals surface area contributed by atoms with Crippen molar-refractivity contribution in [1.82, 2.24) is 0 Å². The Morgan fingerprint density at radius 2 is 1.35 bits per heavy atom. The Morgan fingerprint density at radius 3 is 2.00 bits per heavy atom. The summed E-state index contributed by atoms with van der Waals surface area (Å²) < 4.78 is 15.8. The molecule has 0 aliphatic carbocycles. The highest BCUT2D eigenvalue weighted by atomic mass is 16.5. The van der Waals surface area contributed by atoms with Gasteiger partial charge in [0, 0.05) is 6.92 Å². The van der Waals surface area contributed by atoms with Crippen LogP contribution in [0.4, 0.5) is 0 Å². The fraction of sp³-hybridized carbons (Fsp3) is 0.619. The van der Waals surface area contributed by atoms with Gasteiger partial charge in [-0.3, -0.25) is 4.79 Å². The normalized spacial score (nSPS) is 10.4. The molecule has 1 rings (SSSR count). The van der Waals surface area contributed by atoms with Crippen molar-refractivity contribution in [2.45, 2.75) is 65.2 Å². The molecule has 1 aromatic carbocycles. The maximum absolute atomic E-state index is 12.0. The summed E-state index contributed by atoms with van der Waals surface area (Å²) in [5, 5.41) is 0. The van der Waals surface area contributed by atoms with Crippen LogP contribution in [0, 0.1) is 0 Å². The van der Waals surface area contributed by atoms with Crippen molar-refractivity contribution in [2.75, 3.05) is 19.8 Å². The molecule has 0 saturated carbocycles. The molecule has 0 N–H and O–H groups in total. The summed E-state index contributed by atoms with van der Waals surface area (Å²) in [6.45, 7) is 5.10. The van der Waals surface area contributed by atoms with E-state index in [1.54, 1.807) is 12.1 Å². The van der Waals surface area contributed by atoms with E-state index in [1.165, 1.54) is 32.6 Å². The van der Waals surface area contributed by atoms with E-state index in [0.717, 1.165) is 31.4 Å². The van der Waals surface area contributed by atoms with Gasteiger partial charge in [-0.15, -0.1) is 0 Å². The van der Waals surface area contributed by atoms with Crippen LogP contribution in [0.3, 0.4) is 0 Å². The molecule has 0 aliphatic heterocycles. The first-order valence-corrected chi connectivity index (χ1v) is 9.67. The molecule has 0 spiro atoms. The topological polar surface area (TPSA) is 61.8 Å². The molecule has 0 atom stereocenters. The van der Waals surface area contributed by atoms with E-state index in [-0.39, 0.29) is 11.9 Å². The second-order valence-corrected chi connectivity index (χ2v) is 6.32. The van der Waals surface area contributed by atoms with Crippen LogP contribution in [0.2, 0.25) is 0 Å². The Kier molecular flexibility index (Phi) is 12.0. The third kappa shape index (κ3) is 10.7. The number of carbonyl (C=O) groups is 2. The van der Waals surface area contributed by atoms with Gasteiger partial charge in [-0.05, 0) is 49.9 Å². The number of ether oxygens (including phenoxy) is 3. The number of esters is 2. The quantitative estimate of drug-likeness (QED) is 0.346. The van der Waals surface area contributed by atoms with Crippen LogP contribution in [0.25, 0.3) is 0 Å². The second-order valence-electron chi connectivity index (χ2n) is 6.32. The Bertz CT molecular complexity index is 510. The first-order valence-electron chi connectivity index (χ1n) is 9.67. The van der Waals surface area contributed by atoms with Crippen molar-refractivity contribution in [3.63, 3.8) is 0 Å². The summed E-state index contributed by atoms with van der Waals surface area (Å²) in [5.74, 6) is 0.193. The summed E-state index contributed by atoms with van der Waals surface area (Å²) in [5.41, 5.74) is 0.528. The number of unbranched alkanes of at least 4 members (excludes halogenated alkanes) is 6. The van der Waals surface area contributed by atoms with Crippen LogP contribution in [-0.4, -0.2) is 31.8 Å². The summed E-state index contributed by atoms with van der Waals surface area (Å²) in [4.78, 5) is 22.6. The SMILES string of the molecule is CCCCCCCOc1ccc(C(=O)OCCCCCOC(C)=O)cc1. The summed E-state index contributed by atoms with van der Waals surface area (Å²) >= 11 is 0. The lowest BCUT2D eigenvalue weighted by Gasteiger charge is -2.08. The van der Waals surface area contributed by atoms with Crippen LogP contribution in [0.5, 0.6) is 5.75 Å². The number of hydrogen-bond donors (Lipinski definition) is 0. The van der Waals surface area contributed by atoms with Gasteiger partial charge >= 0.3 is 11.9 Å². The molecule has 0 fully saturated rings. The summed E-state index contributed by atoms with van der Waals surface area (Å²) in [7, 11) is 0. The van der Waals surface area contributed by atoms with E-state index in [2.05, 4.69) is 6.92 Å². The molecule has 26 heavy (non-hydrogen) atoms. The maximum atomic E-state index is 12.0. The summed E-state index contributed by atoms with van der Waals surface area (Å²) in [6.07, 6.45) is 8.42. The lowest BCUT2D eigenvalue weighted by Crippen LogP contribution is -2.07. The van der Waals surface area contributed by atoms with Gasteiger partial charge < -0.3 is 14.2 Å². The van der Waals surface area contributed by atoms with E-state index in [4.69, 9.17) is 14.2 Å². The van der Waals surface area contributed by atoms with Gasteiger partial charge in [0.1, 0.15) is 5.75 Å². The molecule has 0 aromatic heterocycles. The molecular weight excluding hydrogens is 332 g/mol. The predicted molar refractivity (Wildman–Crippen MR) is 101 cm³/mol. The van der Waals surface area contributed by atoms with Gasteiger partial charge in [-0.25, -0.2) is 4.79 Å². The van der Waals surface area contributed by atoms with E-state index < -0.39 is 0 Å². The Balaban J connectivity index is 2.14. The zero-order valence-corrected chi connectivity index (χ0v) is 16.1. The molecule has 0 bridgehead atoms. The van der Waals surface area contributed by atoms with Crippen LogP contribution in [0.1, 0.15) is 75.6 Å². The fourth-order valence-corrected chi connectivity index (χ4v) is 2.43. The van der Waals surface area contributed by atoms with Crippen LogP contribution >= 0.6 is 0 Å². The molecule has 0 saturated heterocycles. The second kappa shape index (κ2) is 14.2. The molecule has 5 nitrogen and oxygen atoms in total. The Morgan fingerprint density at radius 1 is 0.769 bits per heavy atom. The van der Waals surface area contributed by atoms with Crippen molar-refractivity contribution in [3.05, 3.63) is 29.8 Å². The van der Waals surface area contributed by atoms with E-state index in [9.17, 15) is 9.59 Å². The van der Waals surface area contributed by atoms with Gasteiger partial charge in [0.2, 0.25) is 0 Å². The van der Waals surface area contributed by atoms with Crippen molar-refractivity contribution in [1.29, 1.82) is 0 Å². The first kappa shape index (κ1) is 22.0. The van der Waals surface area contributed by atoms with E-state index in [1.807, 2.05) is 12.1 Å². The zero-order valence-electron chi connectivity index (χ0n) is 16.1. The van der Waals surface area contributed by atoms with Crippen LogP contribution in [0.15, 0.2) is 24.3 Å². The largest absolute Gasteiger partial charge is 0.494 e. The van der Waals surface area contributed by atoms with Crippen molar-refractivity contribution in [3.8, 4) is 5.75 Å². The monoisotopic (exact) mass is 364 g/mol. The van der Waals surface area contributed by atoms with Gasteiger partial charge in [0.15, 0.2) is 0 Å². The van der Waals surface area contributed by atoms with Crippen molar-refractivity contribution in [2.24, 2.45) is 0 Å². The molecule has 0 radical (unpaired) electrons. The molecule has 0 aliphatic rings. The lowest BCUT2D eigenvalue weighted by molar-refractivity contribution is -0.141. The molecule has 5 heteroatoms. The highest BCUT2D eigenvalue weighted by molar-refractivity contribution is 5.89. The third-order valence-corrected chi connectivity index (χ3v) is 3.93. The standard InChI is InChI=1S/C21H32O5/c1-3-4-5-6-8-16-25-20-13-11-19(12-14-20)21(23)26-17-10-7-9-15-24-18(2)22/h11-14H,3-10,15-17H2,1-2H3. The van der Waals surface area contributed by atoms with Crippen LogP contribution in [-0.2, 0) is 14.3 Å². The zero-order chi connectivity index (χ0) is 19.0. The Hall–Kier alpha value is -2.04. The van der Waals surface area contributed by atoms with Gasteiger partial charge in [0.25, 0.3) is 0 Å². The van der Waals surface area contributed by atoms with Gasteiger partial charge in [-0.1, -0.05) is 32.6 Å². The highest BCUT2D eigenvalue weighted by Crippen LogP contribution is 2.14.